The number of carbonyl (C=O) groups excluding carboxylic acids is 1. The largest absolute Gasteiger partial charge is 0.461 e. The van der Waals surface area contributed by atoms with Crippen LogP contribution in [-0.2, 0) is 9.53 Å². The van der Waals surface area contributed by atoms with Crippen LogP contribution in [0.2, 0.25) is 0 Å². The van der Waals surface area contributed by atoms with Crippen molar-refractivity contribution in [3.8, 4) is 0 Å². The number of carbonyl (C=O) groups is 1. The summed E-state index contributed by atoms with van der Waals surface area (Å²) in [5, 5.41) is 0. The average Bonchev–Trinajstić information content (AvgIpc) is 2.17. The highest BCUT2D eigenvalue weighted by molar-refractivity contribution is 9.09. The molecule has 8 heavy (non-hydrogen) atoms. The number of alkyl halides is 1. The molecule has 1 fully saturated rings. The van der Waals surface area contributed by atoms with E-state index in [4.69, 9.17) is 4.74 Å². The molecule has 0 N–H and O–H groups in total. The van der Waals surface area contributed by atoms with Crippen LogP contribution in [-0.4, -0.2) is 16.9 Å². The zero-order valence-corrected chi connectivity index (χ0v) is 6.14. The van der Waals surface area contributed by atoms with Crippen molar-refractivity contribution >= 4 is 21.9 Å². The van der Waals surface area contributed by atoms with Crippen LogP contribution in [0.3, 0.4) is 0 Å². The topological polar surface area (TPSA) is 26.3 Å². The maximum Gasteiger partial charge on any atom is 0.302 e. The third-order valence-electron chi connectivity index (χ3n) is 0.975. The van der Waals surface area contributed by atoms with Gasteiger partial charge in [-0.25, -0.2) is 0 Å². The summed E-state index contributed by atoms with van der Waals surface area (Å²) in [6, 6.07) is 0. The lowest BCUT2D eigenvalue weighted by Crippen LogP contribution is -2.01. The van der Waals surface area contributed by atoms with E-state index in [9.17, 15) is 4.79 Å². The molecule has 0 aromatic heterocycles. The molecule has 0 aliphatic heterocycles. The van der Waals surface area contributed by atoms with E-state index >= 15 is 0 Å². The Morgan fingerprint density at radius 3 is 2.50 bits per heavy atom. The molecule has 1 aliphatic carbocycles. The Hall–Kier alpha value is -0.0500. The molecule has 0 spiro atoms. The lowest BCUT2D eigenvalue weighted by molar-refractivity contribution is -0.142. The second-order valence-corrected chi connectivity index (χ2v) is 3.08. The van der Waals surface area contributed by atoms with Crippen molar-refractivity contribution in [1.82, 2.24) is 0 Å². The highest BCUT2D eigenvalue weighted by atomic mass is 79.9. The predicted molar refractivity (Wildman–Crippen MR) is 32.9 cm³/mol. The maximum absolute atomic E-state index is 10.2. The van der Waals surface area contributed by atoms with E-state index < -0.39 is 0 Å². The van der Waals surface area contributed by atoms with Gasteiger partial charge in [0.25, 0.3) is 0 Å². The lowest BCUT2D eigenvalue weighted by Gasteiger charge is -1.94. The SMILES string of the molecule is CC(=O)OC1CC1Br. The number of hydrogen-bond acceptors (Lipinski definition) is 2. The second-order valence-electron chi connectivity index (χ2n) is 1.90. The fourth-order valence-corrected chi connectivity index (χ4v) is 0.955. The van der Waals surface area contributed by atoms with Gasteiger partial charge in [-0.15, -0.1) is 0 Å². The molecule has 1 aliphatic rings. The molecule has 0 amide bonds. The molecule has 0 heterocycles. The van der Waals surface area contributed by atoms with E-state index in [1.54, 1.807) is 0 Å². The van der Waals surface area contributed by atoms with Crippen LogP contribution in [0.5, 0.6) is 0 Å². The molecule has 1 rings (SSSR count). The summed E-state index contributed by atoms with van der Waals surface area (Å²) in [4.78, 5) is 10.6. The highest BCUT2D eigenvalue weighted by Gasteiger charge is 2.37. The fraction of sp³-hybridized carbons (Fsp3) is 0.800. The first-order valence-electron chi connectivity index (χ1n) is 2.51. The van der Waals surface area contributed by atoms with Gasteiger partial charge in [-0.2, -0.15) is 0 Å². The average molecular weight is 179 g/mol. The van der Waals surface area contributed by atoms with Gasteiger partial charge in [-0.05, 0) is 0 Å². The Kier molecular flexibility index (Phi) is 1.56. The van der Waals surface area contributed by atoms with E-state index in [2.05, 4.69) is 15.9 Å². The molecular weight excluding hydrogens is 172 g/mol. The normalized spacial score (nSPS) is 34.2. The van der Waals surface area contributed by atoms with Crippen molar-refractivity contribution in [2.45, 2.75) is 24.3 Å². The molecule has 2 unspecified atom stereocenters. The van der Waals surface area contributed by atoms with Crippen molar-refractivity contribution < 1.29 is 9.53 Å². The second kappa shape index (κ2) is 2.05. The number of halogens is 1. The van der Waals surface area contributed by atoms with Gasteiger partial charge in [0.2, 0.25) is 0 Å². The molecule has 3 heteroatoms. The van der Waals surface area contributed by atoms with Gasteiger partial charge in [0.05, 0.1) is 4.83 Å². The van der Waals surface area contributed by atoms with Crippen LogP contribution < -0.4 is 0 Å². The van der Waals surface area contributed by atoms with Crippen LogP contribution in [0.25, 0.3) is 0 Å². The van der Waals surface area contributed by atoms with Crippen molar-refractivity contribution in [3.05, 3.63) is 0 Å². The van der Waals surface area contributed by atoms with Gasteiger partial charge in [-0.3, -0.25) is 4.79 Å². The van der Waals surface area contributed by atoms with Gasteiger partial charge in [0, 0.05) is 13.3 Å². The molecule has 0 bridgehead atoms. The third kappa shape index (κ3) is 1.47. The molecular formula is C5H7BrO2. The number of rotatable bonds is 1. The summed E-state index contributed by atoms with van der Waals surface area (Å²) in [7, 11) is 0. The minimum absolute atomic E-state index is 0.160. The van der Waals surface area contributed by atoms with Crippen LogP contribution in [0.4, 0.5) is 0 Å². The van der Waals surface area contributed by atoms with E-state index in [1.165, 1.54) is 6.92 Å². The molecule has 0 aromatic carbocycles. The van der Waals surface area contributed by atoms with Crippen LogP contribution in [0.15, 0.2) is 0 Å². The Bertz CT molecular complexity index is 113. The first-order chi connectivity index (χ1) is 3.70. The van der Waals surface area contributed by atoms with Crippen molar-refractivity contribution in [3.63, 3.8) is 0 Å². The minimum atomic E-state index is -0.183. The van der Waals surface area contributed by atoms with Crippen LogP contribution >= 0.6 is 15.9 Å². The lowest BCUT2D eigenvalue weighted by atomic mass is 10.7. The standard InChI is InChI=1S/C5H7BrO2/c1-3(7)8-5-2-4(5)6/h4-5H,2H2,1H3. The van der Waals surface area contributed by atoms with E-state index in [-0.39, 0.29) is 12.1 Å². The van der Waals surface area contributed by atoms with Gasteiger partial charge in [0.15, 0.2) is 0 Å². The van der Waals surface area contributed by atoms with Crippen molar-refractivity contribution in [1.29, 1.82) is 0 Å². The summed E-state index contributed by atoms with van der Waals surface area (Å²) in [5.74, 6) is -0.183. The fourth-order valence-electron chi connectivity index (χ4n) is 0.478. The van der Waals surface area contributed by atoms with Gasteiger partial charge >= 0.3 is 5.97 Å². The summed E-state index contributed by atoms with van der Waals surface area (Å²) < 4.78 is 4.79. The number of esters is 1. The minimum Gasteiger partial charge on any atom is -0.461 e. The Morgan fingerprint density at radius 2 is 2.38 bits per heavy atom. The van der Waals surface area contributed by atoms with E-state index in [0.29, 0.717) is 4.83 Å². The van der Waals surface area contributed by atoms with E-state index in [0.717, 1.165) is 6.42 Å². The zero-order chi connectivity index (χ0) is 6.15. The summed E-state index contributed by atoms with van der Waals surface area (Å²) in [5.41, 5.74) is 0. The van der Waals surface area contributed by atoms with Crippen molar-refractivity contribution in [2.24, 2.45) is 0 Å². The molecule has 1 saturated carbocycles. The molecule has 46 valence electrons. The Labute approximate surface area is 56.3 Å². The van der Waals surface area contributed by atoms with E-state index in [1.807, 2.05) is 0 Å². The first kappa shape index (κ1) is 6.08. The van der Waals surface area contributed by atoms with Gasteiger partial charge < -0.3 is 4.74 Å². The molecule has 2 nitrogen and oxygen atoms in total. The third-order valence-corrected chi connectivity index (χ3v) is 1.94. The molecule has 0 aromatic rings. The highest BCUT2D eigenvalue weighted by Crippen LogP contribution is 2.32. The quantitative estimate of drug-likeness (QED) is 0.444. The molecule has 2 atom stereocenters. The van der Waals surface area contributed by atoms with Crippen molar-refractivity contribution in [2.75, 3.05) is 0 Å². The maximum atomic E-state index is 10.2. The molecule has 0 radical (unpaired) electrons. The van der Waals surface area contributed by atoms with Crippen LogP contribution in [0, 0.1) is 0 Å². The number of hydrogen-bond donors (Lipinski definition) is 0. The smallest absolute Gasteiger partial charge is 0.302 e. The Morgan fingerprint density at radius 1 is 1.88 bits per heavy atom. The van der Waals surface area contributed by atoms with Gasteiger partial charge in [0.1, 0.15) is 6.10 Å². The monoisotopic (exact) mass is 178 g/mol. The van der Waals surface area contributed by atoms with Crippen LogP contribution in [0.1, 0.15) is 13.3 Å². The predicted octanol–water partition coefficient (Wildman–Crippen LogP) is 1.09. The number of ether oxygens (including phenoxy) is 1. The first-order valence-corrected chi connectivity index (χ1v) is 3.43. The zero-order valence-electron chi connectivity index (χ0n) is 4.56. The summed E-state index contributed by atoms with van der Waals surface area (Å²) >= 11 is 3.30. The Balaban J connectivity index is 2.14. The summed E-state index contributed by atoms with van der Waals surface area (Å²) in [6.07, 6.45) is 1.13. The molecule has 0 saturated heterocycles. The summed E-state index contributed by atoms with van der Waals surface area (Å²) in [6.45, 7) is 1.43. The van der Waals surface area contributed by atoms with Gasteiger partial charge in [-0.1, -0.05) is 15.9 Å².